The zero-order valence-electron chi connectivity index (χ0n) is 23.2. The Morgan fingerprint density at radius 1 is 1.18 bits per heavy atom. The van der Waals surface area contributed by atoms with Crippen LogP contribution in [-0.4, -0.2) is 71.1 Å². The number of phenols is 1. The normalized spacial score (nSPS) is 12.4. The van der Waals surface area contributed by atoms with Gasteiger partial charge in [-0.05, 0) is 46.6 Å². The fraction of sp³-hybridized carbons (Fsp3) is 0.519. The van der Waals surface area contributed by atoms with Crippen molar-refractivity contribution in [3.05, 3.63) is 42.0 Å². The molecular formula is C27H40N4O8. The molecule has 4 amide bonds. The number of phenolic OH excluding ortho intramolecular Hbond substituents is 1. The van der Waals surface area contributed by atoms with E-state index >= 15 is 0 Å². The van der Waals surface area contributed by atoms with E-state index in [1.807, 2.05) is 0 Å². The first-order valence-corrected chi connectivity index (χ1v) is 12.6. The molecule has 0 heterocycles. The first kappa shape index (κ1) is 32.9. The summed E-state index contributed by atoms with van der Waals surface area (Å²) in [6.45, 7) is 11.8. The van der Waals surface area contributed by atoms with E-state index in [4.69, 9.17) is 15.2 Å². The number of ether oxygens (including phenoxy) is 2. The number of hydrogen-bond donors (Lipinski definition) is 4. The molecule has 2 unspecified atom stereocenters. The van der Waals surface area contributed by atoms with Gasteiger partial charge in [-0.15, -0.1) is 6.58 Å². The molecule has 0 saturated carbocycles. The number of nitrogens with two attached hydrogens (primary N) is 1. The summed E-state index contributed by atoms with van der Waals surface area (Å²) in [5.41, 5.74) is 5.00. The maximum atomic E-state index is 13.8. The van der Waals surface area contributed by atoms with Crippen molar-refractivity contribution in [1.82, 2.24) is 15.5 Å². The fourth-order valence-corrected chi connectivity index (χ4v) is 3.63. The molecule has 5 N–H and O–H groups in total. The molecule has 0 aromatic heterocycles. The highest BCUT2D eigenvalue weighted by Crippen LogP contribution is 2.32. The number of amides is 4. The molecule has 12 heteroatoms. The summed E-state index contributed by atoms with van der Waals surface area (Å²) in [5, 5.41) is 15.9. The summed E-state index contributed by atoms with van der Waals surface area (Å²) in [7, 11) is 0. The topological polar surface area (TPSA) is 177 Å². The van der Waals surface area contributed by atoms with Crippen LogP contribution in [0.15, 0.2) is 30.9 Å². The van der Waals surface area contributed by atoms with Crippen molar-refractivity contribution in [3.8, 4) is 5.75 Å². The molecule has 0 aliphatic rings. The average Bonchev–Trinajstić information content (AvgIpc) is 2.82. The molecule has 0 radical (unpaired) electrons. The van der Waals surface area contributed by atoms with Crippen LogP contribution >= 0.6 is 0 Å². The van der Waals surface area contributed by atoms with Crippen molar-refractivity contribution in [2.45, 2.75) is 71.6 Å². The van der Waals surface area contributed by atoms with E-state index in [-0.39, 0.29) is 50.3 Å². The number of benzene rings is 1. The maximum absolute atomic E-state index is 13.8. The number of primary amides is 1. The van der Waals surface area contributed by atoms with Crippen LogP contribution in [-0.2, 0) is 28.7 Å². The highest BCUT2D eigenvalue weighted by molar-refractivity contribution is 5.93. The van der Waals surface area contributed by atoms with Gasteiger partial charge in [0.25, 0.3) is 0 Å². The number of esters is 1. The standard InChI is InChI=1S/C27H40N4O8/c1-7-16-31(25(36)19(12-13-20(28)32)30-26(37)39-27(4,5)6)22(18-11-9-10-17(3)23(18)34)24(35)29-15-14-21(33)38-8-2/h7,9-11,19,22,34H,1,8,12-16H2,2-6H3,(H2,28,32)(H,29,35)(H,30,37). The molecule has 1 aromatic carbocycles. The van der Waals surface area contributed by atoms with E-state index in [2.05, 4.69) is 17.2 Å². The fourth-order valence-electron chi connectivity index (χ4n) is 3.63. The van der Waals surface area contributed by atoms with Crippen LogP contribution in [0.25, 0.3) is 0 Å². The van der Waals surface area contributed by atoms with E-state index in [1.165, 1.54) is 12.1 Å². The van der Waals surface area contributed by atoms with Crippen LogP contribution in [0.2, 0.25) is 0 Å². The second-order valence-electron chi connectivity index (χ2n) is 9.74. The summed E-state index contributed by atoms with van der Waals surface area (Å²) in [6, 6.07) is 2.06. The molecule has 1 aromatic rings. The first-order valence-electron chi connectivity index (χ1n) is 12.6. The minimum absolute atomic E-state index is 0.0852. The molecule has 1 rings (SSSR count). The molecule has 39 heavy (non-hydrogen) atoms. The Labute approximate surface area is 228 Å². The third-order valence-corrected chi connectivity index (χ3v) is 5.33. The van der Waals surface area contributed by atoms with E-state index < -0.39 is 47.5 Å². The zero-order valence-corrected chi connectivity index (χ0v) is 23.2. The zero-order chi connectivity index (χ0) is 29.8. The van der Waals surface area contributed by atoms with Crippen molar-refractivity contribution in [3.63, 3.8) is 0 Å². The SMILES string of the molecule is C=CCN(C(=O)C(CCC(N)=O)NC(=O)OC(C)(C)C)C(C(=O)NCCC(=O)OCC)c1cccc(C)c1O. The summed E-state index contributed by atoms with van der Waals surface area (Å²) >= 11 is 0. The molecule has 216 valence electrons. The molecule has 2 atom stereocenters. The molecule has 0 fully saturated rings. The molecule has 0 aliphatic heterocycles. The number of aryl methyl sites for hydroxylation is 1. The molecule has 0 saturated heterocycles. The molecular weight excluding hydrogens is 508 g/mol. The van der Waals surface area contributed by atoms with Gasteiger partial charge in [-0.25, -0.2) is 4.79 Å². The van der Waals surface area contributed by atoms with Gasteiger partial charge in [-0.2, -0.15) is 0 Å². The maximum Gasteiger partial charge on any atom is 0.408 e. The lowest BCUT2D eigenvalue weighted by Crippen LogP contribution is -2.53. The van der Waals surface area contributed by atoms with E-state index in [1.54, 1.807) is 46.8 Å². The number of nitrogens with one attached hydrogen (secondary N) is 2. The summed E-state index contributed by atoms with van der Waals surface area (Å²) in [4.78, 5) is 64.2. The van der Waals surface area contributed by atoms with Crippen LogP contribution in [0.5, 0.6) is 5.75 Å². The van der Waals surface area contributed by atoms with Gasteiger partial charge in [-0.1, -0.05) is 24.3 Å². The largest absolute Gasteiger partial charge is 0.507 e. The van der Waals surface area contributed by atoms with Crippen molar-refractivity contribution >= 4 is 29.8 Å². The van der Waals surface area contributed by atoms with Gasteiger partial charge in [-0.3, -0.25) is 19.2 Å². The van der Waals surface area contributed by atoms with Crippen LogP contribution in [0.4, 0.5) is 4.79 Å². The van der Waals surface area contributed by atoms with Crippen molar-refractivity contribution in [2.24, 2.45) is 5.73 Å². The number of aromatic hydroxyl groups is 1. The van der Waals surface area contributed by atoms with Crippen LogP contribution in [0.1, 0.15) is 64.1 Å². The van der Waals surface area contributed by atoms with E-state index in [0.29, 0.717) is 5.56 Å². The Balaban J connectivity index is 3.46. The molecule has 12 nitrogen and oxygen atoms in total. The number of hydrogen-bond acceptors (Lipinski definition) is 8. The van der Waals surface area contributed by atoms with Gasteiger partial charge in [0.15, 0.2) is 0 Å². The van der Waals surface area contributed by atoms with Crippen molar-refractivity contribution in [2.75, 3.05) is 19.7 Å². The number of nitrogens with zero attached hydrogens (tertiary/aromatic N) is 1. The Morgan fingerprint density at radius 2 is 1.85 bits per heavy atom. The smallest absolute Gasteiger partial charge is 0.408 e. The predicted octanol–water partition coefficient (Wildman–Crippen LogP) is 1.98. The van der Waals surface area contributed by atoms with Gasteiger partial charge >= 0.3 is 12.1 Å². The van der Waals surface area contributed by atoms with Crippen LogP contribution < -0.4 is 16.4 Å². The van der Waals surface area contributed by atoms with Gasteiger partial charge in [0, 0.05) is 25.1 Å². The molecule has 0 aliphatic carbocycles. The average molecular weight is 549 g/mol. The third kappa shape index (κ3) is 11.0. The van der Waals surface area contributed by atoms with Gasteiger partial charge in [0.1, 0.15) is 23.4 Å². The lowest BCUT2D eigenvalue weighted by Gasteiger charge is -2.34. The van der Waals surface area contributed by atoms with Crippen LogP contribution in [0.3, 0.4) is 0 Å². The number of carbonyl (C=O) groups excluding carboxylic acids is 5. The first-order chi connectivity index (χ1) is 18.2. The lowest BCUT2D eigenvalue weighted by molar-refractivity contribution is -0.144. The van der Waals surface area contributed by atoms with E-state index in [0.717, 1.165) is 4.90 Å². The Hall–Kier alpha value is -4.09. The second kappa shape index (κ2) is 15.4. The summed E-state index contributed by atoms with van der Waals surface area (Å²) < 4.78 is 10.1. The molecule has 0 bridgehead atoms. The Bertz CT molecular complexity index is 1050. The van der Waals surface area contributed by atoms with Crippen molar-refractivity contribution in [1.29, 1.82) is 0 Å². The molecule has 0 spiro atoms. The van der Waals surface area contributed by atoms with Crippen LogP contribution in [0, 0.1) is 6.92 Å². The van der Waals surface area contributed by atoms with Crippen molar-refractivity contribution < 1.29 is 38.6 Å². The summed E-state index contributed by atoms with van der Waals surface area (Å²) in [6.07, 6.45) is -0.0403. The van der Waals surface area contributed by atoms with Gasteiger partial charge in [0.05, 0.1) is 13.0 Å². The minimum atomic E-state index is -1.38. The lowest BCUT2D eigenvalue weighted by atomic mass is 9.98. The highest BCUT2D eigenvalue weighted by atomic mass is 16.6. The monoisotopic (exact) mass is 548 g/mol. The number of para-hydroxylation sites is 1. The highest BCUT2D eigenvalue weighted by Gasteiger charge is 2.37. The number of alkyl carbamates (subject to hydrolysis) is 1. The second-order valence-corrected chi connectivity index (χ2v) is 9.74. The third-order valence-electron chi connectivity index (χ3n) is 5.33. The summed E-state index contributed by atoms with van der Waals surface area (Å²) in [5.74, 6) is -2.85. The minimum Gasteiger partial charge on any atom is -0.507 e. The Kier molecular flexibility index (Phi) is 13.0. The van der Waals surface area contributed by atoms with Gasteiger partial charge < -0.3 is 35.8 Å². The number of carbonyl (C=O) groups is 5. The Morgan fingerprint density at radius 3 is 2.41 bits per heavy atom. The van der Waals surface area contributed by atoms with Gasteiger partial charge in [0.2, 0.25) is 17.7 Å². The quantitative estimate of drug-likeness (QED) is 0.201. The van der Waals surface area contributed by atoms with E-state index in [9.17, 15) is 29.1 Å². The number of rotatable bonds is 14. The predicted molar refractivity (Wildman–Crippen MR) is 143 cm³/mol.